The summed E-state index contributed by atoms with van der Waals surface area (Å²) in [4.78, 5) is 17.7. The number of carbonyl (C=O) groups is 1. The number of anilines is 1. The zero-order chi connectivity index (χ0) is 22.3. The Morgan fingerprint density at radius 2 is 1.84 bits per heavy atom. The van der Waals surface area contributed by atoms with Gasteiger partial charge in [-0.3, -0.25) is 9.69 Å². The van der Waals surface area contributed by atoms with Crippen molar-refractivity contribution < 1.29 is 18.0 Å². The molecule has 5 rings (SSSR count). The number of nitrogens with zero attached hydrogens (tertiary/aromatic N) is 2. The minimum atomic E-state index is -4.38. The molecule has 32 heavy (non-hydrogen) atoms. The van der Waals surface area contributed by atoms with Crippen LogP contribution in [0.25, 0.3) is 0 Å². The minimum Gasteiger partial charge on any atom is -0.365 e. The fourth-order valence-electron chi connectivity index (χ4n) is 5.03. The van der Waals surface area contributed by atoms with Gasteiger partial charge in [-0.15, -0.1) is 0 Å². The van der Waals surface area contributed by atoms with Crippen LogP contribution in [0.2, 0.25) is 0 Å². The van der Waals surface area contributed by atoms with E-state index in [1.54, 1.807) is 6.07 Å². The van der Waals surface area contributed by atoms with Crippen LogP contribution in [0.15, 0.2) is 48.5 Å². The maximum Gasteiger partial charge on any atom is 0.416 e. The Hall–Kier alpha value is -2.54. The van der Waals surface area contributed by atoms with E-state index in [0.29, 0.717) is 18.5 Å². The molecule has 0 bridgehead atoms. The highest BCUT2D eigenvalue weighted by Gasteiger charge is 2.43. The molecule has 2 heterocycles. The first-order chi connectivity index (χ1) is 15.4. The summed E-state index contributed by atoms with van der Waals surface area (Å²) in [5.41, 5.74) is 2.12. The highest BCUT2D eigenvalue weighted by atomic mass is 19.4. The number of fused-ring (bicyclic) bond motifs is 3. The van der Waals surface area contributed by atoms with Crippen molar-refractivity contribution in [2.75, 3.05) is 31.1 Å². The molecule has 0 aromatic heterocycles. The van der Waals surface area contributed by atoms with Crippen LogP contribution >= 0.6 is 0 Å². The van der Waals surface area contributed by atoms with Gasteiger partial charge in [0.25, 0.3) is 0 Å². The molecule has 0 spiro atoms. The number of hydrogen-bond acceptors (Lipinski definition) is 3. The summed E-state index contributed by atoms with van der Waals surface area (Å²) < 4.78 is 39.9. The molecule has 3 aliphatic rings. The maximum absolute atomic E-state index is 13.3. The molecular formula is C25H28F3N3O. The number of carbonyl (C=O) groups excluding carboxylic acids is 1. The van der Waals surface area contributed by atoms with Gasteiger partial charge in [0, 0.05) is 37.9 Å². The lowest BCUT2D eigenvalue weighted by Gasteiger charge is -2.49. The van der Waals surface area contributed by atoms with Crippen LogP contribution in [-0.2, 0) is 23.8 Å². The van der Waals surface area contributed by atoms with Crippen LogP contribution in [0.3, 0.4) is 0 Å². The summed E-state index contributed by atoms with van der Waals surface area (Å²) in [5.74, 6) is -0.360. The molecule has 1 amide bonds. The highest BCUT2D eigenvalue weighted by Crippen LogP contribution is 2.40. The van der Waals surface area contributed by atoms with Crippen LogP contribution in [0.1, 0.15) is 29.5 Å². The van der Waals surface area contributed by atoms with Crippen LogP contribution in [0.4, 0.5) is 18.9 Å². The zero-order valence-electron chi connectivity index (χ0n) is 17.9. The SMILES string of the molecule is O=C(NC1CC1)[C@@H]1Cc2cc(C(F)(F)F)ccc2N2CCN(CCc3ccccc3)C[C@@H]12. The summed E-state index contributed by atoms with van der Waals surface area (Å²) >= 11 is 0. The molecule has 1 N–H and O–H groups in total. The van der Waals surface area contributed by atoms with Crippen LogP contribution in [0, 0.1) is 5.92 Å². The lowest BCUT2D eigenvalue weighted by Crippen LogP contribution is -2.61. The molecule has 4 nitrogen and oxygen atoms in total. The molecule has 2 aromatic rings. The maximum atomic E-state index is 13.3. The lowest BCUT2D eigenvalue weighted by molar-refractivity contribution is -0.137. The van der Waals surface area contributed by atoms with Crippen LogP contribution in [0.5, 0.6) is 0 Å². The van der Waals surface area contributed by atoms with Gasteiger partial charge in [0.1, 0.15) is 0 Å². The summed E-state index contributed by atoms with van der Waals surface area (Å²) in [6.07, 6.45) is -1.10. The predicted octanol–water partition coefficient (Wildman–Crippen LogP) is 3.89. The van der Waals surface area contributed by atoms with Gasteiger partial charge >= 0.3 is 6.18 Å². The topological polar surface area (TPSA) is 35.6 Å². The highest BCUT2D eigenvalue weighted by molar-refractivity contribution is 5.82. The van der Waals surface area contributed by atoms with Gasteiger partial charge < -0.3 is 10.2 Å². The standard InChI is InChI=1S/C25H28F3N3O/c26-25(27,28)19-6-9-22-18(14-19)15-21(24(32)29-20-7-8-20)23-16-30(12-13-31(22)23)11-10-17-4-2-1-3-5-17/h1-6,9,14,20-21,23H,7-8,10-13,15-16H2,(H,29,32)/t21-,23+/m1/s1. The normalized spacial score (nSPS) is 23.4. The number of benzene rings is 2. The van der Waals surface area contributed by atoms with E-state index in [0.717, 1.165) is 44.6 Å². The van der Waals surface area contributed by atoms with Crippen molar-refractivity contribution in [1.29, 1.82) is 0 Å². The van der Waals surface area contributed by atoms with E-state index >= 15 is 0 Å². The molecule has 2 aromatic carbocycles. The third kappa shape index (κ3) is 4.49. The molecule has 0 radical (unpaired) electrons. The van der Waals surface area contributed by atoms with Crippen LogP contribution < -0.4 is 10.2 Å². The van der Waals surface area contributed by atoms with E-state index in [-0.39, 0.29) is 23.9 Å². The Balaban J connectivity index is 1.37. The van der Waals surface area contributed by atoms with Crippen molar-refractivity contribution in [2.24, 2.45) is 5.92 Å². The largest absolute Gasteiger partial charge is 0.416 e. The van der Waals surface area contributed by atoms with Crippen molar-refractivity contribution in [1.82, 2.24) is 10.2 Å². The fourth-order valence-corrected chi connectivity index (χ4v) is 5.03. The number of piperazine rings is 1. The summed E-state index contributed by atoms with van der Waals surface area (Å²) in [5, 5.41) is 3.10. The average Bonchev–Trinajstić information content (AvgIpc) is 3.60. The number of amides is 1. The first kappa shape index (κ1) is 21.3. The average molecular weight is 444 g/mol. The molecule has 7 heteroatoms. The van der Waals surface area contributed by atoms with Gasteiger partial charge in [-0.1, -0.05) is 30.3 Å². The van der Waals surface area contributed by atoms with Gasteiger partial charge in [0.15, 0.2) is 0 Å². The van der Waals surface area contributed by atoms with Crippen LogP contribution in [-0.4, -0.2) is 49.1 Å². The number of rotatable bonds is 5. The second-order valence-corrected chi connectivity index (χ2v) is 9.23. The molecule has 0 unspecified atom stereocenters. The molecular weight excluding hydrogens is 415 g/mol. The number of nitrogens with one attached hydrogen (secondary N) is 1. The van der Waals surface area contributed by atoms with E-state index in [1.807, 2.05) is 18.2 Å². The number of hydrogen-bond donors (Lipinski definition) is 1. The van der Waals surface area contributed by atoms with Gasteiger partial charge in [0.2, 0.25) is 5.91 Å². The molecule has 2 aliphatic heterocycles. The molecule has 1 aliphatic carbocycles. The van der Waals surface area contributed by atoms with Crippen molar-refractivity contribution in [3.05, 3.63) is 65.2 Å². The lowest BCUT2D eigenvalue weighted by atomic mass is 9.82. The third-order valence-electron chi connectivity index (χ3n) is 6.94. The number of alkyl halides is 3. The first-order valence-electron chi connectivity index (χ1n) is 11.4. The number of halogens is 3. The smallest absolute Gasteiger partial charge is 0.365 e. The monoisotopic (exact) mass is 443 g/mol. The van der Waals surface area contributed by atoms with E-state index in [4.69, 9.17) is 0 Å². The molecule has 2 atom stereocenters. The van der Waals surface area contributed by atoms with E-state index in [9.17, 15) is 18.0 Å². The summed E-state index contributed by atoms with van der Waals surface area (Å²) in [6, 6.07) is 14.5. The van der Waals surface area contributed by atoms with Gasteiger partial charge in [-0.2, -0.15) is 13.2 Å². The van der Waals surface area contributed by atoms with E-state index in [2.05, 4.69) is 27.2 Å². The van der Waals surface area contributed by atoms with E-state index < -0.39 is 11.7 Å². The molecule has 170 valence electrons. The van der Waals surface area contributed by atoms with Crippen molar-refractivity contribution >= 4 is 11.6 Å². The van der Waals surface area contributed by atoms with Gasteiger partial charge in [-0.05, 0) is 55.0 Å². The molecule has 1 saturated heterocycles. The predicted molar refractivity (Wildman–Crippen MR) is 118 cm³/mol. The van der Waals surface area contributed by atoms with E-state index in [1.165, 1.54) is 17.7 Å². The summed E-state index contributed by atoms with van der Waals surface area (Å²) in [6.45, 7) is 3.20. The first-order valence-corrected chi connectivity index (χ1v) is 11.4. The molecule has 2 fully saturated rings. The van der Waals surface area contributed by atoms with Crippen molar-refractivity contribution in [3.8, 4) is 0 Å². The Morgan fingerprint density at radius 3 is 2.56 bits per heavy atom. The Labute approximate surface area is 186 Å². The zero-order valence-corrected chi connectivity index (χ0v) is 17.9. The Kier molecular flexibility index (Phi) is 5.61. The quantitative estimate of drug-likeness (QED) is 0.762. The Bertz CT molecular complexity index is 974. The molecule has 1 saturated carbocycles. The Morgan fingerprint density at radius 1 is 1.06 bits per heavy atom. The summed E-state index contributed by atoms with van der Waals surface area (Å²) in [7, 11) is 0. The second kappa shape index (κ2) is 8.43. The second-order valence-electron chi connectivity index (χ2n) is 9.23. The minimum absolute atomic E-state index is 0.0181. The fraction of sp³-hybridized carbons (Fsp3) is 0.480. The third-order valence-corrected chi connectivity index (χ3v) is 6.94. The van der Waals surface area contributed by atoms with Gasteiger partial charge in [0.05, 0.1) is 17.5 Å². The van der Waals surface area contributed by atoms with Crippen molar-refractivity contribution in [3.63, 3.8) is 0 Å². The van der Waals surface area contributed by atoms with Crippen molar-refractivity contribution in [2.45, 2.75) is 43.9 Å². The van der Waals surface area contributed by atoms with Gasteiger partial charge in [-0.25, -0.2) is 0 Å².